The van der Waals surface area contributed by atoms with Crippen LogP contribution in [-0.2, 0) is 21.5 Å². The predicted octanol–water partition coefficient (Wildman–Crippen LogP) is 3.77. The van der Waals surface area contributed by atoms with Crippen molar-refractivity contribution < 1.29 is 19.1 Å². The van der Waals surface area contributed by atoms with Gasteiger partial charge in [-0.25, -0.2) is 9.80 Å². The molecule has 3 aromatic rings. The summed E-state index contributed by atoms with van der Waals surface area (Å²) in [5.41, 5.74) is 3.33. The lowest BCUT2D eigenvalue weighted by Gasteiger charge is -2.25. The van der Waals surface area contributed by atoms with Gasteiger partial charge < -0.3 is 10.1 Å². The number of aryl methyl sites for hydroxylation is 1. The Morgan fingerprint density at radius 1 is 1.03 bits per heavy atom. The highest BCUT2D eigenvalue weighted by Gasteiger charge is 2.55. The van der Waals surface area contributed by atoms with E-state index in [-0.39, 0.29) is 18.5 Å². The molecule has 2 aliphatic heterocycles. The normalized spacial score (nSPS) is 22.3. The van der Waals surface area contributed by atoms with Crippen LogP contribution in [0.25, 0.3) is 0 Å². The zero-order chi connectivity index (χ0) is 25.6. The molecule has 8 heteroatoms. The van der Waals surface area contributed by atoms with E-state index >= 15 is 0 Å². The monoisotopic (exact) mass is 494 g/mol. The van der Waals surface area contributed by atoms with E-state index in [1.165, 1.54) is 5.01 Å². The standard InChI is InChI=1S/C29H26N4O4/c1-37-22-13-11-21(12-14-22)25-17-24(20-8-3-2-4-9-20)31-33(25)26(34)18-32-27(35)29(30-28(32)36)16-15-19-7-5-6-10-23(19)29/h2-14,25H,15-18H2,1H3,(H,30,36)/t25-,29+/m1/s1. The third-order valence-electron chi connectivity index (χ3n) is 7.49. The summed E-state index contributed by atoms with van der Waals surface area (Å²) in [7, 11) is 1.60. The first-order valence-electron chi connectivity index (χ1n) is 12.3. The van der Waals surface area contributed by atoms with Crippen LogP contribution in [0.3, 0.4) is 0 Å². The fourth-order valence-corrected chi connectivity index (χ4v) is 5.57. The number of carbonyl (C=O) groups is 3. The van der Waals surface area contributed by atoms with E-state index in [1.54, 1.807) is 7.11 Å². The molecule has 1 N–H and O–H groups in total. The number of hydrogen-bond acceptors (Lipinski definition) is 5. The Labute approximate surface area is 214 Å². The number of carbonyl (C=O) groups excluding carboxylic acids is 3. The molecule has 3 aliphatic rings. The van der Waals surface area contributed by atoms with E-state index in [0.29, 0.717) is 25.0 Å². The molecule has 2 heterocycles. The second kappa shape index (κ2) is 8.89. The van der Waals surface area contributed by atoms with Gasteiger partial charge in [0.1, 0.15) is 17.8 Å². The first-order chi connectivity index (χ1) is 18.0. The summed E-state index contributed by atoms with van der Waals surface area (Å²) in [6.45, 7) is -0.382. The third-order valence-corrected chi connectivity index (χ3v) is 7.49. The Morgan fingerprint density at radius 3 is 2.51 bits per heavy atom. The van der Waals surface area contributed by atoms with Crippen molar-refractivity contribution in [3.05, 3.63) is 101 Å². The number of methoxy groups -OCH3 is 1. The summed E-state index contributed by atoms with van der Waals surface area (Å²) in [4.78, 5) is 41.2. The molecule has 8 nitrogen and oxygen atoms in total. The average Bonchev–Trinajstić information content (AvgIpc) is 3.61. The molecule has 3 aromatic carbocycles. The number of imide groups is 1. The molecule has 186 valence electrons. The summed E-state index contributed by atoms with van der Waals surface area (Å²) < 4.78 is 5.28. The quantitative estimate of drug-likeness (QED) is 0.547. The number of benzene rings is 3. The first kappa shape index (κ1) is 23.0. The van der Waals surface area contributed by atoms with Crippen molar-refractivity contribution >= 4 is 23.6 Å². The van der Waals surface area contributed by atoms with Gasteiger partial charge in [0.2, 0.25) is 0 Å². The van der Waals surface area contributed by atoms with Crippen molar-refractivity contribution in [3.63, 3.8) is 0 Å². The Balaban J connectivity index is 1.29. The number of hydrogen-bond donors (Lipinski definition) is 1. The maximum atomic E-state index is 13.6. The van der Waals surface area contributed by atoms with Crippen molar-refractivity contribution in [1.82, 2.24) is 15.2 Å². The largest absolute Gasteiger partial charge is 0.497 e. The van der Waals surface area contributed by atoms with Gasteiger partial charge in [0.25, 0.3) is 11.8 Å². The molecule has 0 saturated carbocycles. The summed E-state index contributed by atoms with van der Waals surface area (Å²) in [5.74, 6) is -0.0906. The molecular weight excluding hydrogens is 468 g/mol. The van der Waals surface area contributed by atoms with Gasteiger partial charge in [-0.05, 0) is 47.2 Å². The zero-order valence-electron chi connectivity index (χ0n) is 20.4. The Bertz CT molecular complexity index is 1420. The minimum atomic E-state index is -1.10. The van der Waals surface area contributed by atoms with Gasteiger partial charge in [-0.2, -0.15) is 5.10 Å². The van der Waals surface area contributed by atoms with Crippen LogP contribution in [0.2, 0.25) is 0 Å². The molecule has 0 radical (unpaired) electrons. The minimum Gasteiger partial charge on any atom is -0.497 e. The molecule has 1 aliphatic carbocycles. The summed E-state index contributed by atoms with van der Waals surface area (Å²) in [5, 5.41) is 8.98. The lowest BCUT2D eigenvalue weighted by Crippen LogP contribution is -2.44. The van der Waals surface area contributed by atoms with Gasteiger partial charge in [0.05, 0.1) is 18.9 Å². The number of fused-ring (bicyclic) bond motifs is 2. The van der Waals surface area contributed by atoms with Crippen LogP contribution in [0.1, 0.15) is 41.1 Å². The van der Waals surface area contributed by atoms with Crippen LogP contribution in [0.15, 0.2) is 84.0 Å². The number of hydrazone groups is 1. The van der Waals surface area contributed by atoms with E-state index in [9.17, 15) is 14.4 Å². The van der Waals surface area contributed by atoms with Gasteiger partial charge >= 0.3 is 6.03 Å². The molecule has 1 fully saturated rings. The van der Waals surface area contributed by atoms with Gasteiger partial charge in [0, 0.05) is 6.42 Å². The molecule has 0 aromatic heterocycles. The number of nitrogens with one attached hydrogen (secondary N) is 1. The number of urea groups is 1. The maximum Gasteiger partial charge on any atom is 0.325 e. The van der Waals surface area contributed by atoms with Crippen LogP contribution in [-0.4, -0.2) is 47.1 Å². The van der Waals surface area contributed by atoms with Crippen molar-refractivity contribution in [2.24, 2.45) is 5.10 Å². The zero-order valence-corrected chi connectivity index (χ0v) is 20.4. The molecular formula is C29H26N4O4. The van der Waals surface area contributed by atoms with Crippen molar-refractivity contribution in [1.29, 1.82) is 0 Å². The fourth-order valence-electron chi connectivity index (χ4n) is 5.57. The van der Waals surface area contributed by atoms with E-state index in [0.717, 1.165) is 32.9 Å². The highest BCUT2D eigenvalue weighted by molar-refractivity contribution is 6.10. The van der Waals surface area contributed by atoms with E-state index in [1.807, 2.05) is 78.9 Å². The molecule has 0 bridgehead atoms. The van der Waals surface area contributed by atoms with Gasteiger partial charge in [-0.3, -0.25) is 14.5 Å². The topological polar surface area (TPSA) is 91.3 Å². The van der Waals surface area contributed by atoms with Crippen LogP contribution in [0, 0.1) is 0 Å². The summed E-state index contributed by atoms with van der Waals surface area (Å²) in [6.07, 6.45) is 1.69. The highest BCUT2D eigenvalue weighted by Crippen LogP contribution is 2.41. The summed E-state index contributed by atoms with van der Waals surface area (Å²) in [6, 6.07) is 23.9. The Morgan fingerprint density at radius 2 is 1.76 bits per heavy atom. The minimum absolute atomic E-state index is 0.365. The van der Waals surface area contributed by atoms with E-state index in [4.69, 9.17) is 4.74 Å². The number of amides is 4. The van der Waals surface area contributed by atoms with Gasteiger partial charge in [-0.15, -0.1) is 0 Å². The van der Waals surface area contributed by atoms with E-state index < -0.39 is 17.5 Å². The average molecular weight is 495 g/mol. The molecule has 4 amide bonds. The van der Waals surface area contributed by atoms with Crippen LogP contribution in [0.5, 0.6) is 5.75 Å². The molecule has 37 heavy (non-hydrogen) atoms. The SMILES string of the molecule is COc1ccc([C@H]2CC(c3ccccc3)=NN2C(=O)CN2C(=O)N[C@]3(CCc4ccccc43)C2=O)cc1. The number of ether oxygens (including phenoxy) is 1. The van der Waals surface area contributed by atoms with E-state index in [2.05, 4.69) is 10.4 Å². The van der Waals surface area contributed by atoms with Crippen LogP contribution < -0.4 is 10.1 Å². The van der Waals surface area contributed by atoms with Crippen molar-refractivity contribution in [2.75, 3.05) is 13.7 Å². The second-order valence-electron chi connectivity index (χ2n) is 9.53. The molecule has 1 spiro atoms. The molecule has 2 atom stereocenters. The molecule has 6 rings (SSSR count). The maximum absolute atomic E-state index is 13.6. The van der Waals surface area contributed by atoms with Gasteiger partial charge in [0.15, 0.2) is 0 Å². The first-order valence-corrected chi connectivity index (χ1v) is 12.3. The van der Waals surface area contributed by atoms with Crippen LogP contribution >= 0.6 is 0 Å². The fraction of sp³-hybridized carbons (Fsp3) is 0.241. The van der Waals surface area contributed by atoms with Gasteiger partial charge in [-0.1, -0.05) is 66.7 Å². The number of rotatable bonds is 5. The number of nitrogens with zero attached hydrogens (tertiary/aromatic N) is 3. The lowest BCUT2D eigenvalue weighted by atomic mass is 9.92. The smallest absolute Gasteiger partial charge is 0.325 e. The second-order valence-corrected chi connectivity index (χ2v) is 9.53. The third kappa shape index (κ3) is 3.76. The highest BCUT2D eigenvalue weighted by atomic mass is 16.5. The molecule has 0 unspecified atom stereocenters. The predicted molar refractivity (Wildman–Crippen MR) is 137 cm³/mol. The Hall–Kier alpha value is -4.46. The molecule has 1 saturated heterocycles. The van der Waals surface area contributed by atoms with Crippen molar-refractivity contribution in [3.8, 4) is 5.75 Å². The summed E-state index contributed by atoms with van der Waals surface area (Å²) >= 11 is 0. The Kier molecular flexibility index (Phi) is 5.52. The van der Waals surface area contributed by atoms with Crippen LogP contribution in [0.4, 0.5) is 4.79 Å². The lowest BCUT2D eigenvalue weighted by molar-refractivity contribution is -0.140. The van der Waals surface area contributed by atoms with Crippen molar-refractivity contribution in [2.45, 2.75) is 30.8 Å².